The molecule has 0 aliphatic rings. The first kappa shape index (κ1) is 22.8. The maximum atomic E-state index is 13.7. The molecule has 0 spiro atoms. The monoisotopic (exact) mass is 454 g/mol. The summed E-state index contributed by atoms with van der Waals surface area (Å²) in [5.74, 6) is -1.26. The SMILES string of the molecule is Cc1ccccc1C(C(=O)Nc1ccc(F)cc1)N(Cc1ccccc1)C(=O)c1cnccn1. The fourth-order valence-corrected chi connectivity index (χ4v) is 3.71. The summed E-state index contributed by atoms with van der Waals surface area (Å²) in [6.45, 7) is 2.06. The number of aromatic nitrogens is 2. The molecule has 0 radical (unpaired) electrons. The molecule has 1 N–H and O–H groups in total. The second-order valence-corrected chi connectivity index (χ2v) is 7.76. The quantitative estimate of drug-likeness (QED) is 0.429. The summed E-state index contributed by atoms with van der Waals surface area (Å²) in [4.78, 5) is 37.0. The minimum atomic E-state index is -0.971. The van der Waals surface area contributed by atoms with E-state index in [1.54, 1.807) is 0 Å². The second-order valence-electron chi connectivity index (χ2n) is 7.76. The van der Waals surface area contributed by atoms with Gasteiger partial charge in [0, 0.05) is 24.6 Å². The van der Waals surface area contributed by atoms with Gasteiger partial charge in [-0.15, -0.1) is 0 Å². The summed E-state index contributed by atoms with van der Waals surface area (Å²) in [6, 6.07) is 21.4. The van der Waals surface area contributed by atoms with Crippen molar-refractivity contribution in [3.63, 3.8) is 0 Å². The molecular weight excluding hydrogens is 431 g/mol. The largest absolute Gasteiger partial charge is 0.324 e. The van der Waals surface area contributed by atoms with Crippen LogP contribution in [0.5, 0.6) is 0 Å². The van der Waals surface area contributed by atoms with Crippen molar-refractivity contribution in [1.82, 2.24) is 14.9 Å². The zero-order valence-corrected chi connectivity index (χ0v) is 18.6. The first-order chi connectivity index (χ1) is 16.5. The summed E-state index contributed by atoms with van der Waals surface area (Å²) < 4.78 is 13.4. The van der Waals surface area contributed by atoms with Crippen LogP contribution in [-0.2, 0) is 11.3 Å². The van der Waals surface area contributed by atoms with Gasteiger partial charge in [0.2, 0.25) is 0 Å². The molecule has 4 rings (SSSR count). The molecular formula is C27H23FN4O2. The zero-order chi connectivity index (χ0) is 23.9. The lowest BCUT2D eigenvalue weighted by Gasteiger charge is -2.32. The number of halogens is 1. The maximum absolute atomic E-state index is 13.7. The number of anilines is 1. The van der Waals surface area contributed by atoms with E-state index in [1.165, 1.54) is 47.8 Å². The van der Waals surface area contributed by atoms with E-state index in [-0.39, 0.29) is 12.2 Å². The van der Waals surface area contributed by atoms with Crippen LogP contribution in [0.2, 0.25) is 0 Å². The number of hydrogen-bond donors (Lipinski definition) is 1. The van der Waals surface area contributed by atoms with E-state index in [9.17, 15) is 14.0 Å². The van der Waals surface area contributed by atoms with Crippen LogP contribution >= 0.6 is 0 Å². The van der Waals surface area contributed by atoms with Gasteiger partial charge in [0.05, 0.1) is 6.20 Å². The molecule has 0 aliphatic heterocycles. The zero-order valence-electron chi connectivity index (χ0n) is 18.6. The highest BCUT2D eigenvalue weighted by molar-refractivity contribution is 6.01. The minimum absolute atomic E-state index is 0.131. The topological polar surface area (TPSA) is 75.2 Å². The lowest BCUT2D eigenvalue weighted by atomic mass is 9.97. The van der Waals surface area contributed by atoms with Crippen LogP contribution in [-0.4, -0.2) is 26.7 Å². The Balaban J connectivity index is 1.79. The van der Waals surface area contributed by atoms with Gasteiger partial charge in [0.15, 0.2) is 0 Å². The lowest BCUT2D eigenvalue weighted by Crippen LogP contribution is -2.41. The average Bonchev–Trinajstić information content (AvgIpc) is 2.87. The van der Waals surface area contributed by atoms with E-state index in [2.05, 4.69) is 15.3 Å². The molecule has 1 heterocycles. The van der Waals surface area contributed by atoms with Gasteiger partial charge in [-0.25, -0.2) is 9.37 Å². The minimum Gasteiger partial charge on any atom is -0.324 e. The number of carbonyl (C=O) groups excluding carboxylic acids is 2. The number of benzene rings is 3. The van der Waals surface area contributed by atoms with Gasteiger partial charge in [0.25, 0.3) is 11.8 Å². The fourth-order valence-electron chi connectivity index (χ4n) is 3.71. The van der Waals surface area contributed by atoms with Crippen molar-refractivity contribution in [3.8, 4) is 0 Å². The van der Waals surface area contributed by atoms with Crippen LogP contribution in [0.15, 0.2) is 97.5 Å². The van der Waals surface area contributed by atoms with Crippen LogP contribution in [0, 0.1) is 12.7 Å². The fraction of sp³-hybridized carbons (Fsp3) is 0.111. The third-order valence-corrected chi connectivity index (χ3v) is 5.39. The van der Waals surface area contributed by atoms with Gasteiger partial charge < -0.3 is 10.2 Å². The Kier molecular flexibility index (Phi) is 7.03. The van der Waals surface area contributed by atoms with Crippen molar-refractivity contribution < 1.29 is 14.0 Å². The molecule has 0 bridgehead atoms. The Morgan fingerprint density at radius 3 is 2.32 bits per heavy atom. The molecule has 170 valence electrons. The van der Waals surface area contributed by atoms with Crippen molar-refractivity contribution >= 4 is 17.5 Å². The molecule has 0 saturated heterocycles. The molecule has 1 atom stereocenters. The Hall–Kier alpha value is -4.39. The molecule has 34 heavy (non-hydrogen) atoms. The van der Waals surface area contributed by atoms with E-state index in [1.807, 2.05) is 61.5 Å². The predicted molar refractivity (Wildman–Crippen MR) is 127 cm³/mol. The Bertz CT molecular complexity index is 1260. The van der Waals surface area contributed by atoms with Crippen LogP contribution in [0.25, 0.3) is 0 Å². The van der Waals surface area contributed by atoms with Crippen LogP contribution in [0.4, 0.5) is 10.1 Å². The van der Waals surface area contributed by atoms with E-state index in [4.69, 9.17) is 0 Å². The van der Waals surface area contributed by atoms with Crippen molar-refractivity contribution in [2.24, 2.45) is 0 Å². The molecule has 4 aromatic rings. The first-order valence-electron chi connectivity index (χ1n) is 10.8. The van der Waals surface area contributed by atoms with Gasteiger partial charge in [-0.3, -0.25) is 14.6 Å². The Morgan fingerprint density at radius 2 is 1.65 bits per heavy atom. The van der Waals surface area contributed by atoms with Crippen LogP contribution < -0.4 is 5.32 Å². The lowest BCUT2D eigenvalue weighted by molar-refractivity contribution is -0.121. The highest BCUT2D eigenvalue weighted by atomic mass is 19.1. The molecule has 2 amide bonds. The Labute approximate surface area is 197 Å². The van der Waals surface area contributed by atoms with Gasteiger partial charge in [0.1, 0.15) is 17.6 Å². The standard InChI is InChI=1S/C27H23FN4O2/c1-19-7-5-6-10-23(19)25(26(33)31-22-13-11-21(28)12-14-22)32(18-20-8-3-2-4-9-20)27(34)24-17-29-15-16-30-24/h2-17,25H,18H2,1H3,(H,31,33). The molecule has 0 aliphatic carbocycles. The number of rotatable bonds is 7. The molecule has 3 aromatic carbocycles. The van der Waals surface area contributed by atoms with E-state index in [0.717, 1.165) is 11.1 Å². The second kappa shape index (κ2) is 10.5. The molecule has 0 fully saturated rings. The van der Waals surface area contributed by atoms with E-state index in [0.29, 0.717) is 11.3 Å². The molecule has 1 aromatic heterocycles. The van der Waals surface area contributed by atoms with E-state index >= 15 is 0 Å². The summed E-state index contributed by atoms with van der Waals surface area (Å²) in [5, 5.41) is 2.83. The molecule has 6 nitrogen and oxygen atoms in total. The number of aryl methyl sites for hydroxylation is 1. The van der Waals surface area contributed by atoms with Crippen molar-refractivity contribution in [2.45, 2.75) is 19.5 Å². The summed E-state index contributed by atoms with van der Waals surface area (Å²) in [6.07, 6.45) is 4.31. The van der Waals surface area contributed by atoms with Gasteiger partial charge in [-0.2, -0.15) is 0 Å². The number of carbonyl (C=O) groups is 2. The predicted octanol–water partition coefficient (Wildman–Crippen LogP) is 4.95. The number of hydrogen-bond acceptors (Lipinski definition) is 4. The number of amides is 2. The van der Waals surface area contributed by atoms with Crippen LogP contribution in [0.3, 0.4) is 0 Å². The van der Waals surface area contributed by atoms with Crippen molar-refractivity contribution in [2.75, 3.05) is 5.32 Å². The van der Waals surface area contributed by atoms with Gasteiger partial charge >= 0.3 is 0 Å². The highest BCUT2D eigenvalue weighted by Crippen LogP contribution is 2.29. The number of nitrogens with one attached hydrogen (secondary N) is 1. The smallest absolute Gasteiger partial charge is 0.275 e. The normalized spacial score (nSPS) is 11.5. The third kappa shape index (κ3) is 5.32. The molecule has 1 unspecified atom stereocenters. The van der Waals surface area contributed by atoms with Gasteiger partial charge in [-0.05, 0) is 47.9 Å². The summed E-state index contributed by atoms with van der Waals surface area (Å²) in [7, 11) is 0. The first-order valence-corrected chi connectivity index (χ1v) is 10.8. The Morgan fingerprint density at radius 1 is 0.941 bits per heavy atom. The molecule has 0 saturated carbocycles. The van der Waals surface area contributed by atoms with Gasteiger partial charge in [-0.1, -0.05) is 54.6 Å². The maximum Gasteiger partial charge on any atom is 0.275 e. The summed E-state index contributed by atoms with van der Waals surface area (Å²) >= 11 is 0. The summed E-state index contributed by atoms with van der Waals surface area (Å²) in [5.41, 5.74) is 2.94. The number of nitrogens with zero attached hydrogens (tertiary/aromatic N) is 3. The third-order valence-electron chi connectivity index (χ3n) is 5.39. The van der Waals surface area contributed by atoms with Crippen molar-refractivity contribution in [3.05, 3.63) is 126 Å². The van der Waals surface area contributed by atoms with E-state index < -0.39 is 23.7 Å². The molecule has 7 heteroatoms. The van der Waals surface area contributed by atoms with Crippen molar-refractivity contribution in [1.29, 1.82) is 0 Å². The van der Waals surface area contributed by atoms with Crippen LogP contribution in [0.1, 0.15) is 33.2 Å². The highest BCUT2D eigenvalue weighted by Gasteiger charge is 2.34. The average molecular weight is 455 g/mol.